The predicted octanol–water partition coefficient (Wildman–Crippen LogP) is 2.30. The SMILES string of the molecule is CC(C)N1CCC(CNC(=O)c2ccc(Br)cn2)C1. The van der Waals surface area contributed by atoms with Gasteiger partial charge in [0.2, 0.25) is 0 Å². The first-order valence-corrected chi connectivity index (χ1v) is 7.49. The van der Waals surface area contributed by atoms with E-state index >= 15 is 0 Å². The topological polar surface area (TPSA) is 45.2 Å². The second-order valence-corrected chi connectivity index (χ2v) is 6.23. The van der Waals surface area contributed by atoms with Crippen molar-refractivity contribution >= 4 is 21.8 Å². The third-order valence-corrected chi connectivity index (χ3v) is 4.03. The number of likely N-dealkylation sites (tertiary alicyclic amines) is 1. The summed E-state index contributed by atoms with van der Waals surface area (Å²) in [6, 6.07) is 4.15. The lowest BCUT2D eigenvalue weighted by molar-refractivity contribution is 0.0942. The molecule has 1 saturated heterocycles. The smallest absolute Gasteiger partial charge is 0.269 e. The van der Waals surface area contributed by atoms with Crippen molar-refractivity contribution < 1.29 is 4.79 Å². The highest BCUT2D eigenvalue weighted by Gasteiger charge is 2.24. The summed E-state index contributed by atoms with van der Waals surface area (Å²) in [7, 11) is 0. The van der Waals surface area contributed by atoms with Crippen molar-refractivity contribution in [1.29, 1.82) is 0 Å². The molecule has 104 valence electrons. The molecule has 2 heterocycles. The summed E-state index contributed by atoms with van der Waals surface area (Å²) in [4.78, 5) is 18.5. The second kappa shape index (κ2) is 6.48. The summed E-state index contributed by atoms with van der Waals surface area (Å²) in [6.45, 7) is 7.37. The summed E-state index contributed by atoms with van der Waals surface area (Å²) in [5.74, 6) is 0.470. The van der Waals surface area contributed by atoms with Gasteiger partial charge in [0.05, 0.1) is 0 Å². The Morgan fingerprint density at radius 1 is 1.58 bits per heavy atom. The van der Waals surface area contributed by atoms with Crippen LogP contribution in [-0.2, 0) is 0 Å². The van der Waals surface area contributed by atoms with Gasteiger partial charge in [0, 0.05) is 29.8 Å². The zero-order valence-electron chi connectivity index (χ0n) is 11.4. The van der Waals surface area contributed by atoms with Gasteiger partial charge >= 0.3 is 0 Å². The molecule has 0 saturated carbocycles. The molecule has 1 atom stereocenters. The van der Waals surface area contributed by atoms with Gasteiger partial charge in [-0.1, -0.05) is 0 Å². The van der Waals surface area contributed by atoms with Crippen LogP contribution in [0.4, 0.5) is 0 Å². The fraction of sp³-hybridized carbons (Fsp3) is 0.571. The van der Waals surface area contributed by atoms with Gasteiger partial charge in [0.25, 0.3) is 5.91 Å². The summed E-state index contributed by atoms with van der Waals surface area (Å²) in [6.07, 6.45) is 2.80. The maximum Gasteiger partial charge on any atom is 0.269 e. The first-order valence-electron chi connectivity index (χ1n) is 6.70. The molecule has 5 heteroatoms. The molecule has 1 aromatic heterocycles. The van der Waals surface area contributed by atoms with Crippen LogP contribution in [-0.4, -0.2) is 41.5 Å². The van der Waals surface area contributed by atoms with Gasteiger partial charge < -0.3 is 10.2 Å². The average molecular weight is 326 g/mol. The van der Waals surface area contributed by atoms with Crippen LogP contribution < -0.4 is 5.32 Å². The van der Waals surface area contributed by atoms with E-state index in [4.69, 9.17) is 0 Å². The Hall–Kier alpha value is -0.940. The normalized spacial score (nSPS) is 19.9. The molecule has 1 aliphatic rings. The van der Waals surface area contributed by atoms with Crippen molar-refractivity contribution in [3.8, 4) is 0 Å². The van der Waals surface area contributed by atoms with Crippen LogP contribution in [0.25, 0.3) is 0 Å². The Morgan fingerprint density at radius 3 is 2.95 bits per heavy atom. The highest BCUT2D eigenvalue weighted by molar-refractivity contribution is 9.10. The fourth-order valence-corrected chi connectivity index (χ4v) is 2.57. The molecule has 19 heavy (non-hydrogen) atoms. The first kappa shape index (κ1) is 14.5. The number of nitrogens with one attached hydrogen (secondary N) is 1. The Labute approximate surface area is 122 Å². The van der Waals surface area contributed by atoms with Crippen LogP contribution in [0.1, 0.15) is 30.8 Å². The van der Waals surface area contributed by atoms with E-state index in [1.165, 1.54) is 0 Å². The number of amides is 1. The van der Waals surface area contributed by atoms with Crippen LogP contribution in [0.3, 0.4) is 0 Å². The molecule has 0 radical (unpaired) electrons. The van der Waals surface area contributed by atoms with Gasteiger partial charge in [0.15, 0.2) is 0 Å². The molecule has 0 aromatic carbocycles. The first-order chi connectivity index (χ1) is 9.06. The van der Waals surface area contributed by atoms with E-state index in [1.54, 1.807) is 12.3 Å². The number of hydrogen-bond donors (Lipinski definition) is 1. The van der Waals surface area contributed by atoms with Crippen molar-refractivity contribution in [3.05, 3.63) is 28.5 Å². The maximum absolute atomic E-state index is 11.9. The maximum atomic E-state index is 11.9. The number of carbonyl (C=O) groups is 1. The molecule has 2 rings (SSSR count). The van der Waals surface area contributed by atoms with Gasteiger partial charge in [-0.25, -0.2) is 4.98 Å². The van der Waals surface area contributed by atoms with Crippen molar-refractivity contribution in [1.82, 2.24) is 15.2 Å². The zero-order chi connectivity index (χ0) is 13.8. The Balaban J connectivity index is 1.80. The molecule has 0 bridgehead atoms. The molecular weight excluding hydrogens is 306 g/mol. The molecule has 1 unspecified atom stereocenters. The Kier molecular flexibility index (Phi) is 4.93. The summed E-state index contributed by atoms with van der Waals surface area (Å²) in [5, 5.41) is 2.98. The van der Waals surface area contributed by atoms with E-state index in [-0.39, 0.29) is 5.91 Å². The average Bonchev–Trinajstić information content (AvgIpc) is 2.86. The Bertz CT molecular complexity index is 433. The van der Waals surface area contributed by atoms with Crippen molar-refractivity contribution in [2.75, 3.05) is 19.6 Å². The second-order valence-electron chi connectivity index (χ2n) is 5.32. The van der Waals surface area contributed by atoms with Crippen molar-refractivity contribution in [2.45, 2.75) is 26.3 Å². The lowest BCUT2D eigenvalue weighted by atomic mass is 10.1. The summed E-state index contributed by atoms with van der Waals surface area (Å²) in [5.41, 5.74) is 0.474. The molecule has 1 N–H and O–H groups in total. The van der Waals surface area contributed by atoms with Gasteiger partial charge in [-0.2, -0.15) is 0 Å². The number of pyridine rings is 1. The van der Waals surface area contributed by atoms with E-state index in [2.05, 4.69) is 45.0 Å². The largest absolute Gasteiger partial charge is 0.350 e. The predicted molar refractivity (Wildman–Crippen MR) is 79.1 cm³/mol. The fourth-order valence-electron chi connectivity index (χ4n) is 2.34. The van der Waals surface area contributed by atoms with Crippen LogP contribution in [0, 0.1) is 5.92 Å². The molecule has 4 nitrogen and oxygen atoms in total. The number of carbonyl (C=O) groups excluding carboxylic acids is 1. The molecule has 0 aliphatic carbocycles. The zero-order valence-corrected chi connectivity index (χ0v) is 13.0. The van der Waals surface area contributed by atoms with Gasteiger partial charge in [0.1, 0.15) is 5.69 Å². The van der Waals surface area contributed by atoms with Gasteiger partial charge in [-0.15, -0.1) is 0 Å². The summed E-state index contributed by atoms with van der Waals surface area (Å²) >= 11 is 3.31. The number of halogens is 1. The molecule has 1 aromatic rings. The van der Waals surface area contributed by atoms with E-state index in [9.17, 15) is 4.79 Å². The molecule has 1 aliphatic heterocycles. The van der Waals surface area contributed by atoms with Crippen molar-refractivity contribution in [3.63, 3.8) is 0 Å². The standard InChI is InChI=1S/C14H20BrN3O/c1-10(2)18-6-5-11(9-18)7-17-14(19)13-4-3-12(15)8-16-13/h3-4,8,10-11H,5-7,9H2,1-2H3,(H,17,19). The summed E-state index contributed by atoms with van der Waals surface area (Å²) < 4.78 is 0.882. The van der Waals surface area contributed by atoms with E-state index in [0.717, 1.165) is 30.5 Å². The molecular formula is C14H20BrN3O. The minimum Gasteiger partial charge on any atom is -0.350 e. The van der Waals surface area contributed by atoms with Gasteiger partial charge in [-0.3, -0.25) is 4.79 Å². The minimum absolute atomic E-state index is 0.0875. The molecule has 0 spiro atoms. The van der Waals surface area contributed by atoms with Crippen LogP contribution >= 0.6 is 15.9 Å². The van der Waals surface area contributed by atoms with E-state index < -0.39 is 0 Å². The van der Waals surface area contributed by atoms with E-state index in [0.29, 0.717) is 17.7 Å². The molecule has 1 fully saturated rings. The monoisotopic (exact) mass is 325 g/mol. The van der Waals surface area contributed by atoms with Crippen molar-refractivity contribution in [2.24, 2.45) is 5.92 Å². The Morgan fingerprint density at radius 2 is 2.37 bits per heavy atom. The number of hydrogen-bond acceptors (Lipinski definition) is 3. The lowest BCUT2D eigenvalue weighted by Gasteiger charge is -2.20. The lowest BCUT2D eigenvalue weighted by Crippen LogP contribution is -2.33. The van der Waals surface area contributed by atoms with Crippen LogP contribution in [0.15, 0.2) is 22.8 Å². The number of rotatable bonds is 4. The third-order valence-electron chi connectivity index (χ3n) is 3.56. The minimum atomic E-state index is -0.0875. The van der Waals surface area contributed by atoms with Crippen LogP contribution in [0.2, 0.25) is 0 Å². The number of aromatic nitrogens is 1. The quantitative estimate of drug-likeness (QED) is 0.923. The highest BCUT2D eigenvalue weighted by Crippen LogP contribution is 2.17. The van der Waals surface area contributed by atoms with Crippen LogP contribution in [0.5, 0.6) is 0 Å². The highest BCUT2D eigenvalue weighted by atomic mass is 79.9. The molecule has 1 amide bonds. The van der Waals surface area contributed by atoms with Gasteiger partial charge in [-0.05, 0) is 60.8 Å². The van der Waals surface area contributed by atoms with E-state index in [1.807, 2.05) is 6.07 Å². The third kappa shape index (κ3) is 4.01. The number of nitrogens with zero attached hydrogens (tertiary/aromatic N) is 2.